The molecule has 0 radical (unpaired) electrons. The standard InChI is InChI=1S/C25H31FN10O3/c1-25(2)12-16(9-17-5-4-6-35(17)25)29-22-15(13-27)14-28-23(31-22)30-19-11-20(36-24(38)34(3)32-33-36)21(10-18(19)26)39-8-7-37/h10-11,14,16-17,37H,4-9,12H2,1-3H3,(H2,28,29,30,31)/t16-,17+/m1/s1. The van der Waals surface area contributed by atoms with Crippen LogP contribution in [0.15, 0.2) is 23.1 Å². The maximum atomic E-state index is 15.1. The number of nitrogens with zero attached hydrogens (tertiary/aromatic N) is 8. The molecule has 2 saturated heterocycles. The molecule has 0 bridgehead atoms. The van der Waals surface area contributed by atoms with Gasteiger partial charge in [-0.1, -0.05) is 0 Å². The molecule has 0 saturated carbocycles. The van der Waals surface area contributed by atoms with Crippen molar-refractivity contribution in [2.24, 2.45) is 7.05 Å². The van der Waals surface area contributed by atoms with E-state index in [-0.39, 0.29) is 53.4 Å². The van der Waals surface area contributed by atoms with Crippen LogP contribution >= 0.6 is 0 Å². The van der Waals surface area contributed by atoms with E-state index in [1.807, 2.05) is 0 Å². The molecule has 0 spiro atoms. The second kappa shape index (κ2) is 10.6. The van der Waals surface area contributed by atoms with E-state index in [1.54, 1.807) is 0 Å². The monoisotopic (exact) mass is 538 g/mol. The summed E-state index contributed by atoms with van der Waals surface area (Å²) in [4.78, 5) is 23.7. The minimum Gasteiger partial charge on any atom is -0.489 e. The summed E-state index contributed by atoms with van der Waals surface area (Å²) in [5.41, 5.74) is -0.195. The lowest BCUT2D eigenvalue weighted by molar-refractivity contribution is 0.0501. The predicted octanol–water partition coefficient (Wildman–Crippen LogP) is 1.70. The Balaban J connectivity index is 1.44. The number of benzene rings is 1. The highest BCUT2D eigenvalue weighted by Gasteiger charge is 2.43. The molecule has 2 aliphatic heterocycles. The van der Waals surface area contributed by atoms with Gasteiger partial charge in [-0.3, -0.25) is 4.90 Å². The maximum absolute atomic E-state index is 15.1. The van der Waals surface area contributed by atoms with Gasteiger partial charge in [0.1, 0.15) is 35.5 Å². The normalized spacial score (nSPS) is 20.3. The van der Waals surface area contributed by atoms with Crippen molar-refractivity contribution < 1.29 is 14.2 Å². The maximum Gasteiger partial charge on any atom is 0.368 e. The summed E-state index contributed by atoms with van der Waals surface area (Å²) in [5, 5.41) is 32.6. The smallest absolute Gasteiger partial charge is 0.368 e. The number of nitrogens with one attached hydrogen (secondary N) is 2. The van der Waals surface area contributed by atoms with Gasteiger partial charge in [-0.2, -0.15) is 19.6 Å². The van der Waals surface area contributed by atoms with E-state index in [0.717, 1.165) is 41.2 Å². The van der Waals surface area contributed by atoms with Crippen LogP contribution in [0.2, 0.25) is 0 Å². The van der Waals surface area contributed by atoms with Crippen LogP contribution in [-0.2, 0) is 7.05 Å². The Hall–Kier alpha value is -4.09. The van der Waals surface area contributed by atoms with Gasteiger partial charge in [0.25, 0.3) is 0 Å². The van der Waals surface area contributed by atoms with Crippen LogP contribution in [0.4, 0.5) is 21.8 Å². The third kappa shape index (κ3) is 5.27. The van der Waals surface area contributed by atoms with Crippen molar-refractivity contribution in [2.45, 2.75) is 57.2 Å². The molecular weight excluding hydrogens is 507 g/mol. The Morgan fingerprint density at radius 2 is 2.15 bits per heavy atom. The first-order chi connectivity index (χ1) is 18.7. The number of hydrogen-bond acceptors (Lipinski definition) is 11. The molecule has 0 unspecified atom stereocenters. The Bertz CT molecular complexity index is 1460. The molecule has 2 aromatic heterocycles. The van der Waals surface area contributed by atoms with Gasteiger partial charge in [-0.25, -0.2) is 14.2 Å². The minimum absolute atomic E-state index is 0.00123. The Kier molecular flexibility index (Phi) is 7.19. The first-order valence-electron chi connectivity index (χ1n) is 12.8. The summed E-state index contributed by atoms with van der Waals surface area (Å²) in [6.07, 6.45) is 5.56. The summed E-state index contributed by atoms with van der Waals surface area (Å²) < 4.78 is 22.5. The van der Waals surface area contributed by atoms with Crippen LogP contribution in [0.25, 0.3) is 5.69 Å². The Morgan fingerprint density at radius 1 is 1.33 bits per heavy atom. The second-order valence-electron chi connectivity index (χ2n) is 10.4. The summed E-state index contributed by atoms with van der Waals surface area (Å²) in [6.45, 7) is 5.18. The van der Waals surface area contributed by atoms with Gasteiger partial charge in [0.2, 0.25) is 5.95 Å². The number of ether oxygens (including phenoxy) is 1. The van der Waals surface area contributed by atoms with E-state index >= 15 is 4.39 Å². The van der Waals surface area contributed by atoms with Crippen molar-refractivity contribution >= 4 is 17.5 Å². The lowest BCUT2D eigenvalue weighted by Gasteiger charge is -2.47. The quantitative estimate of drug-likeness (QED) is 0.383. The fourth-order valence-electron chi connectivity index (χ4n) is 5.61. The van der Waals surface area contributed by atoms with E-state index in [9.17, 15) is 10.1 Å². The van der Waals surface area contributed by atoms with Crippen molar-refractivity contribution in [2.75, 3.05) is 30.4 Å². The molecule has 0 amide bonds. The van der Waals surface area contributed by atoms with E-state index in [0.29, 0.717) is 11.9 Å². The molecule has 2 aliphatic rings. The highest BCUT2D eigenvalue weighted by molar-refractivity contribution is 5.64. The number of rotatable bonds is 8. The van der Waals surface area contributed by atoms with Crippen LogP contribution in [0.1, 0.15) is 45.1 Å². The molecule has 4 heterocycles. The zero-order chi connectivity index (χ0) is 27.7. The number of aliphatic hydroxyl groups excluding tert-OH is 1. The van der Waals surface area contributed by atoms with Crippen molar-refractivity contribution in [3.63, 3.8) is 0 Å². The number of halogens is 1. The molecule has 206 valence electrons. The molecular formula is C25H31FN10O3. The number of fused-ring (bicyclic) bond motifs is 1. The van der Waals surface area contributed by atoms with Gasteiger partial charge in [0, 0.05) is 30.7 Å². The summed E-state index contributed by atoms with van der Waals surface area (Å²) in [7, 11) is 1.43. The fourth-order valence-corrected chi connectivity index (χ4v) is 5.61. The second-order valence-corrected chi connectivity index (χ2v) is 10.4. The molecule has 14 heteroatoms. The van der Waals surface area contributed by atoms with E-state index in [1.165, 1.54) is 25.7 Å². The van der Waals surface area contributed by atoms with Crippen LogP contribution in [0.3, 0.4) is 0 Å². The number of anilines is 3. The lowest BCUT2D eigenvalue weighted by atomic mass is 9.84. The first-order valence-corrected chi connectivity index (χ1v) is 12.8. The van der Waals surface area contributed by atoms with Crippen LogP contribution in [0.5, 0.6) is 5.75 Å². The van der Waals surface area contributed by atoms with E-state index in [4.69, 9.17) is 9.84 Å². The average molecular weight is 539 g/mol. The minimum atomic E-state index is -0.707. The lowest BCUT2D eigenvalue weighted by Crippen LogP contribution is -2.55. The van der Waals surface area contributed by atoms with Crippen molar-refractivity contribution in [1.82, 2.24) is 34.7 Å². The van der Waals surface area contributed by atoms with Gasteiger partial charge in [0.05, 0.1) is 18.5 Å². The highest BCUT2D eigenvalue weighted by Crippen LogP contribution is 2.39. The fraction of sp³-hybridized carbons (Fsp3) is 0.520. The number of aromatic nitrogens is 6. The molecule has 39 heavy (non-hydrogen) atoms. The highest BCUT2D eigenvalue weighted by atomic mass is 19.1. The van der Waals surface area contributed by atoms with Gasteiger partial charge < -0.3 is 20.5 Å². The van der Waals surface area contributed by atoms with Crippen molar-refractivity contribution in [3.05, 3.63) is 40.2 Å². The predicted molar refractivity (Wildman–Crippen MR) is 140 cm³/mol. The van der Waals surface area contributed by atoms with Crippen LogP contribution in [0, 0.1) is 17.1 Å². The molecule has 3 aromatic rings. The molecule has 5 rings (SSSR count). The number of aliphatic hydroxyl groups is 1. The van der Waals surface area contributed by atoms with E-state index < -0.39 is 11.5 Å². The van der Waals surface area contributed by atoms with Crippen molar-refractivity contribution in [1.29, 1.82) is 5.26 Å². The third-order valence-corrected chi connectivity index (χ3v) is 7.30. The Labute approximate surface area is 224 Å². The average Bonchev–Trinajstić information content (AvgIpc) is 3.51. The molecule has 2 fully saturated rings. The zero-order valence-corrected chi connectivity index (χ0v) is 22.1. The number of hydrogen-bond donors (Lipinski definition) is 3. The number of nitriles is 1. The van der Waals surface area contributed by atoms with Gasteiger partial charge in [0.15, 0.2) is 5.82 Å². The number of aryl methyl sites for hydroxylation is 1. The summed E-state index contributed by atoms with van der Waals surface area (Å²) in [5.74, 6) is -0.273. The largest absolute Gasteiger partial charge is 0.489 e. The third-order valence-electron chi connectivity index (χ3n) is 7.30. The number of tetrazole rings is 1. The molecule has 2 atom stereocenters. The topological polar surface area (TPSA) is 159 Å². The van der Waals surface area contributed by atoms with E-state index in [2.05, 4.69) is 55.8 Å². The molecule has 0 aliphatic carbocycles. The van der Waals surface area contributed by atoms with Gasteiger partial charge in [-0.15, -0.1) is 0 Å². The van der Waals surface area contributed by atoms with Crippen molar-refractivity contribution in [3.8, 4) is 17.5 Å². The zero-order valence-electron chi connectivity index (χ0n) is 22.1. The SMILES string of the molecule is Cn1nnn(-c2cc(Nc3ncc(C#N)c(N[C@@H]4C[C@@H]5CCCN5C(C)(C)C4)n3)c(F)cc2OCCO)c1=O. The summed E-state index contributed by atoms with van der Waals surface area (Å²) >= 11 is 0. The first kappa shape index (κ1) is 26.5. The Morgan fingerprint density at radius 3 is 2.87 bits per heavy atom. The number of piperidine rings is 1. The van der Waals surface area contributed by atoms with Crippen LogP contribution in [-0.4, -0.2) is 77.1 Å². The van der Waals surface area contributed by atoms with Gasteiger partial charge in [-0.05, 0) is 62.6 Å². The van der Waals surface area contributed by atoms with Gasteiger partial charge >= 0.3 is 5.69 Å². The summed E-state index contributed by atoms with van der Waals surface area (Å²) in [6, 6.07) is 5.13. The molecule has 1 aromatic carbocycles. The molecule has 13 nitrogen and oxygen atoms in total. The molecule has 3 N–H and O–H groups in total. The van der Waals surface area contributed by atoms with Crippen LogP contribution < -0.4 is 21.1 Å².